The highest BCUT2D eigenvalue weighted by Crippen LogP contribution is 2.29. The molecule has 0 spiro atoms. The number of rotatable bonds is 14. The van der Waals surface area contributed by atoms with Crippen LogP contribution in [0, 0.1) is 17.8 Å². The Bertz CT molecular complexity index is 947. The topological polar surface area (TPSA) is 136 Å². The largest absolute Gasteiger partial charge is 0.370 e. The quantitative estimate of drug-likeness (QED) is 0.157. The number of ketones is 3. The lowest BCUT2D eigenvalue weighted by molar-refractivity contribution is -0.151. The predicted molar refractivity (Wildman–Crippen MR) is 136 cm³/mol. The van der Waals surface area contributed by atoms with E-state index in [-0.39, 0.29) is 55.2 Å². The lowest BCUT2D eigenvalue weighted by atomic mass is 9.83. The van der Waals surface area contributed by atoms with Crippen LogP contribution < -0.4 is 11.5 Å². The Kier molecular flexibility index (Phi) is 11.0. The molecule has 1 aromatic carbocycles. The van der Waals surface area contributed by atoms with Gasteiger partial charge in [-0.25, -0.2) is 4.39 Å². The first-order valence-corrected chi connectivity index (χ1v) is 12.6. The van der Waals surface area contributed by atoms with E-state index in [2.05, 4.69) is 20.9 Å². The Morgan fingerprint density at radius 2 is 1.80 bits per heavy atom. The molecule has 1 fully saturated rings. The smallest absolute Gasteiger partial charge is 0.227 e. The first kappa shape index (κ1) is 28.6. The van der Waals surface area contributed by atoms with E-state index in [1.807, 2.05) is 13.8 Å². The van der Waals surface area contributed by atoms with Gasteiger partial charge in [0.25, 0.3) is 0 Å². The van der Waals surface area contributed by atoms with E-state index in [0.717, 1.165) is 4.47 Å². The average Bonchev–Trinajstić information content (AvgIpc) is 2.77. The minimum Gasteiger partial charge on any atom is -0.370 e. The van der Waals surface area contributed by atoms with Gasteiger partial charge in [0.2, 0.25) is 5.91 Å². The number of nitrogens with two attached hydrogens (primary N) is 2. The average molecular weight is 553 g/mol. The van der Waals surface area contributed by atoms with Crippen LogP contribution in [0.15, 0.2) is 33.7 Å². The zero-order valence-corrected chi connectivity index (χ0v) is 21.8. The Morgan fingerprint density at radius 3 is 2.31 bits per heavy atom. The van der Waals surface area contributed by atoms with Gasteiger partial charge in [-0.3, -0.25) is 24.2 Å². The van der Waals surface area contributed by atoms with E-state index in [9.17, 15) is 23.6 Å². The molecule has 1 heterocycles. The van der Waals surface area contributed by atoms with Gasteiger partial charge in [-0.2, -0.15) is 0 Å². The van der Waals surface area contributed by atoms with E-state index in [1.165, 1.54) is 4.90 Å². The van der Waals surface area contributed by atoms with Crippen molar-refractivity contribution in [3.63, 3.8) is 0 Å². The van der Waals surface area contributed by atoms with Crippen LogP contribution in [-0.2, 0) is 14.4 Å². The van der Waals surface area contributed by atoms with Gasteiger partial charge < -0.3 is 16.4 Å². The summed E-state index contributed by atoms with van der Waals surface area (Å²) in [5.41, 5.74) is 11.1. The van der Waals surface area contributed by atoms with Crippen molar-refractivity contribution in [3.8, 4) is 0 Å². The van der Waals surface area contributed by atoms with Gasteiger partial charge in [0.05, 0.1) is 6.04 Å². The van der Waals surface area contributed by atoms with Crippen LogP contribution in [0.1, 0.15) is 56.3 Å². The van der Waals surface area contributed by atoms with E-state index >= 15 is 0 Å². The molecule has 1 aliphatic rings. The lowest BCUT2D eigenvalue weighted by Gasteiger charge is -2.42. The third kappa shape index (κ3) is 8.23. The number of alkyl halides is 1. The Labute approximate surface area is 213 Å². The highest BCUT2D eigenvalue weighted by atomic mass is 79.9. The molecule has 4 N–H and O–H groups in total. The van der Waals surface area contributed by atoms with Crippen LogP contribution in [-0.4, -0.2) is 59.9 Å². The number of carbonyl (C=O) groups is 4. The molecule has 35 heavy (non-hydrogen) atoms. The molecular formula is C25H34BrFN4O4. The zero-order chi connectivity index (χ0) is 26.1. The summed E-state index contributed by atoms with van der Waals surface area (Å²) in [6.45, 7) is 3.29. The van der Waals surface area contributed by atoms with Crippen LogP contribution in [0.3, 0.4) is 0 Å². The number of hydrogen-bond donors (Lipinski definition) is 2. The normalized spacial score (nSPS) is 16.8. The maximum atomic E-state index is 13.3. The number of guanidine groups is 1. The molecule has 0 radical (unpaired) electrons. The highest BCUT2D eigenvalue weighted by molar-refractivity contribution is 9.10. The van der Waals surface area contributed by atoms with Gasteiger partial charge in [-0.15, -0.1) is 0 Å². The van der Waals surface area contributed by atoms with Crippen molar-refractivity contribution in [3.05, 3.63) is 34.3 Å². The Hall–Kier alpha value is -2.62. The van der Waals surface area contributed by atoms with Gasteiger partial charge in [-0.05, 0) is 37.3 Å². The standard InChI is InChI=1S/C25H34BrFN4O4/c1-15(2)19(13-21(32)16-5-7-18(26)8-6-16)24(35)31-11-9-20(31)22(33)12-17(23(34)14-27)4-3-10-30-25(28)29/h5-8,15,17,19-20H,3-4,9-14H2,1-2H3,(H4,28,29,30)/t17-,19+,20+/m1/s1. The summed E-state index contributed by atoms with van der Waals surface area (Å²) in [4.78, 5) is 56.5. The number of carbonyl (C=O) groups excluding carboxylic acids is 4. The molecule has 0 aliphatic carbocycles. The van der Waals surface area contributed by atoms with Crippen molar-refractivity contribution in [1.29, 1.82) is 0 Å². The van der Waals surface area contributed by atoms with E-state index in [4.69, 9.17) is 11.5 Å². The summed E-state index contributed by atoms with van der Waals surface area (Å²) in [6, 6.07) is 6.31. The van der Waals surface area contributed by atoms with Gasteiger partial charge in [0, 0.05) is 47.8 Å². The van der Waals surface area contributed by atoms with Crippen molar-refractivity contribution < 1.29 is 23.6 Å². The molecule has 0 bridgehead atoms. The molecule has 1 amide bonds. The molecule has 2 rings (SSSR count). The molecule has 0 unspecified atom stereocenters. The molecule has 192 valence electrons. The van der Waals surface area contributed by atoms with Gasteiger partial charge in [0.1, 0.15) is 6.67 Å². The number of amides is 1. The van der Waals surface area contributed by atoms with Crippen LogP contribution in [0.5, 0.6) is 0 Å². The molecule has 8 nitrogen and oxygen atoms in total. The summed E-state index contributed by atoms with van der Waals surface area (Å²) in [7, 11) is 0. The van der Waals surface area contributed by atoms with E-state index in [1.54, 1.807) is 24.3 Å². The highest BCUT2D eigenvalue weighted by Gasteiger charge is 2.42. The summed E-state index contributed by atoms with van der Waals surface area (Å²) in [6.07, 6.45) is 1.11. The van der Waals surface area contributed by atoms with Gasteiger partial charge >= 0.3 is 0 Å². The zero-order valence-electron chi connectivity index (χ0n) is 20.2. The molecule has 10 heteroatoms. The number of aliphatic imine (C=N–C) groups is 1. The lowest BCUT2D eigenvalue weighted by Crippen LogP contribution is -2.57. The monoisotopic (exact) mass is 552 g/mol. The minimum absolute atomic E-state index is 0.0449. The Morgan fingerprint density at radius 1 is 1.14 bits per heavy atom. The van der Waals surface area contributed by atoms with Crippen molar-refractivity contribution in [2.75, 3.05) is 19.8 Å². The minimum atomic E-state index is -1.15. The fourth-order valence-electron chi connectivity index (χ4n) is 4.17. The summed E-state index contributed by atoms with van der Waals surface area (Å²) in [5.74, 6) is -2.80. The third-order valence-corrected chi connectivity index (χ3v) is 6.94. The number of benzene rings is 1. The van der Waals surface area contributed by atoms with Crippen molar-refractivity contribution in [2.24, 2.45) is 34.2 Å². The van der Waals surface area contributed by atoms with Crippen LogP contribution >= 0.6 is 15.9 Å². The number of Topliss-reactive ketones (excluding diaryl/α,β-unsaturated/α-hetero) is 3. The van der Waals surface area contributed by atoms with Crippen molar-refractivity contribution >= 4 is 45.1 Å². The summed E-state index contributed by atoms with van der Waals surface area (Å²) in [5, 5.41) is 0. The first-order valence-electron chi connectivity index (χ1n) is 11.8. The fraction of sp³-hybridized carbons (Fsp3) is 0.560. The predicted octanol–water partition coefficient (Wildman–Crippen LogP) is 3.06. The van der Waals surface area contributed by atoms with E-state index < -0.39 is 30.3 Å². The third-order valence-electron chi connectivity index (χ3n) is 6.41. The van der Waals surface area contributed by atoms with Gasteiger partial charge in [-0.1, -0.05) is 41.9 Å². The second kappa shape index (κ2) is 13.5. The first-order chi connectivity index (χ1) is 16.5. The maximum absolute atomic E-state index is 13.3. The van der Waals surface area contributed by atoms with E-state index in [0.29, 0.717) is 24.9 Å². The molecule has 1 aliphatic heterocycles. The summed E-state index contributed by atoms with van der Waals surface area (Å²) < 4.78 is 13.9. The second-order valence-electron chi connectivity index (χ2n) is 9.24. The number of likely N-dealkylation sites (tertiary alicyclic amines) is 1. The SMILES string of the molecule is CC(C)[C@H](CC(=O)c1ccc(Br)cc1)C(=O)N1CC[C@H]1C(=O)C[C@@H](CCCN=C(N)N)C(=O)CF. The molecular weight excluding hydrogens is 519 g/mol. The van der Waals surface area contributed by atoms with Crippen LogP contribution in [0.25, 0.3) is 0 Å². The summed E-state index contributed by atoms with van der Waals surface area (Å²) >= 11 is 3.34. The molecule has 3 atom stereocenters. The fourth-order valence-corrected chi connectivity index (χ4v) is 4.44. The molecule has 0 saturated carbocycles. The molecule has 0 aromatic heterocycles. The maximum Gasteiger partial charge on any atom is 0.227 e. The van der Waals surface area contributed by atoms with Crippen molar-refractivity contribution in [2.45, 2.75) is 52.0 Å². The second-order valence-corrected chi connectivity index (χ2v) is 10.2. The number of halogens is 2. The molecule has 1 saturated heterocycles. The molecule has 1 aromatic rings. The van der Waals surface area contributed by atoms with Crippen molar-refractivity contribution in [1.82, 2.24) is 4.90 Å². The number of nitrogens with zero attached hydrogens (tertiary/aromatic N) is 2. The van der Waals surface area contributed by atoms with Gasteiger partial charge in [0.15, 0.2) is 23.3 Å². The van der Waals surface area contributed by atoms with Crippen LogP contribution in [0.4, 0.5) is 4.39 Å². The van der Waals surface area contributed by atoms with Crippen LogP contribution in [0.2, 0.25) is 0 Å². The number of hydrogen-bond acceptors (Lipinski definition) is 5. The Balaban J connectivity index is 2.03.